The van der Waals surface area contributed by atoms with Crippen molar-refractivity contribution in [2.45, 2.75) is 19.4 Å². The van der Waals surface area contributed by atoms with Crippen LogP contribution in [0.3, 0.4) is 0 Å². The van der Waals surface area contributed by atoms with Crippen molar-refractivity contribution in [2.24, 2.45) is 0 Å². The maximum Gasteiger partial charge on any atom is 0.330 e. The number of ether oxygens (including phenoxy) is 2. The van der Waals surface area contributed by atoms with E-state index >= 15 is 0 Å². The molecule has 0 saturated heterocycles. The van der Waals surface area contributed by atoms with Gasteiger partial charge in [-0.15, -0.1) is 21.5 Å². The lowest BCUT2D eigenvalue weighted by molar-refractivity contribution is -0.141. The highest BCUT2D eigenvalue weighted by atomic mass is 32.1. The first-order chi connectivity index (χ1) is 14.1. The van der Waals surface area contributed by atoms with Gasteiger partial charge in [0.25, 0.3) is 0 Å². The molecular formula is C20H20N4O4S. The van der Waals surface area contributed by atoms with Crippen LogP contribution in [0.1, 0.15) is 21.7 Å². The SMILES string of the molecule is COC(=O)/C=C/c1cc(-c2nnn(CCC(=O)OC)n2)c(Cc2ccccc2)s1. The maximum atomic E-state index is 11.4. The maximum absolute atomic E-state index is 11.4. The Hall–Kier alpha value is -3.33. The summed E-state index contributed by atoms with van der Waals surface area (Å²) in [7, 11) is 2.68. The Morgan fingerprint density at radius 2 is 1.97 bits per heavy atom. The number of rotatable bonds is 8. The van der Waals surface area contributed by atoms with Crippen LogP contribution in [0.4, 0.5) is 0 Å². The first kappa shape index (κ1) is 20.4. The van der Waals surface area contributed by atoms with Crippen molar-refractivity contribution in [3.05, 3.63) is 57.8 Å². The number of thiophene rings is 1. The highest BCUT2D eigenvalue weighted by molar-refractivity contribution is 7.13. The number of carbonyl (C=O) groups is 2. The predicted octanol–water partition coefficient (Wildman–Crippen LogP) is 2.74. The fraction of sp³-hybridized carbons (Fsp3) is 0.250. The number of hydrogen-bond donors (Lipinski definition) is 0. The molecule has 0 saturated carbocycles. The number of hydrogen-bond acceptors (Lipinski definition) is 8. The second-order valence-corrected chi connectivity index (χ2v) is 7.21. The molecule has 0 N–H and O–H groups in total. The molecule has 0 fully saturated rings. The van der Waals surface area contributed by atoms with Crippen molar-refractivity contribution >= 4 is 29.4 Å². The van der Waals surface area contributed by atoms with Crippen molar-refractivity contribution in [1.29, 1.82) is 0 Å². The average molecular weight is 412 g/mol. The minimum absolute atomic E-state index is 0.167. The van der Waals surface area contributed by atoms with Crippen molar-refractivity contribution in [3.63, 3.8) is 0 Å². The summed E-state index contributed by atoms with van der Waals surface area (Å²) in [5, 5.41) is 12.6. The molecule has 0 aliphatic heterocycles. The molecule has 2 aromatic heterocycles. The van der Waals surface area contributed by atoms with Crippen molar-refractivity contribution in [1.82, 2.24) is 20.2 Å². The number of nitrogens with zero attached hydrogens (tertiary/aromatic N) is 4. The summed E-state index contributed by atoms with van der Waals surface area (Å²) < 4.78 is 9.29. The second-order valence-electron chi connectivity index (χ2n) is 6.04. The van der Waals surface area contributed by atoms with Crippen LogP contribution in [0.2, 0.25) is 0 Å². The number of tetrazole rings is 1. The second kappa shape index (κ2) is 9.74. The smallest absolute Gasteiger partial charge is 0.330 e. The van der Waals surface area contributed by atoms with E-state index in [1.165, 1.54) is 25.1 Å². The van der Waals surface area contributed by atoms with E-state index in [0.29, 0.717) is 12.2 Å². The molecule has 0 atom stereocenters. The van der Waals surface area contributed by atoms with Gasteiger partial charge in [-0.3, -0.25) is 4.79 Å². The zero-order valence-electron chi connectivity index (χ0n) is 16.1. The number of methoxy groups -OCH3 is 2. The molecule has 3 aromatic rings. The molecule has 0 amide bonds. The van der Waals surface area contributed by atoms with Crippen molar-refractivity contribution in [3.8, 4) is 11.4 Å². The molecule has 1 aromatic carbocycles. The molecule has 0 bridgehead atoms. The minimum Gasteiger partial charge on any atom is -0.469 e. The number of esters is 2. The standard InChI is InChI=1S/C20H20N4O4S/c1-27-18(25)9-8-15-13-16(17(29-15)12-14-6-4-3-5-7-14)20-21-23-24(22-20)11-10-19(26)28-2/h3-9,13H,10-12H2,1-2H3/b9-8+. The lowest BCUT2D eigenvalue weighted by Gasteiger charge is -2.01. The van der Waals surface area contributed by atoms with E-state index in [-0.39, 0.29) is 18.9 Å². The summed E-state index contributed by atoms with van der Waals surface area (Å²) in [6.45, 7) is 0.285. The molecule has 3 rings (SSSR count). The Morgan fingerprint density at radius 1 is 1.17 bits per heavy atom. The van der Waals surface area contributed by atoms with E-state index in [1.54, 1.807) is 17.4 Å². The Morgan fingerprint density at radius 3 is 2.69 bits per heavy atom. The van der Waals surface area contributed by atoms with Crippen LogP contribution in [-0.4, -0.2) is 46.4 Å². The van der Waals surface area contributed by atoms with Crippen molar-refractivity contribution < 1.29 is 19.1 Å². The number of aryl methyl sites for hydroxylation is 1. The van der Waals surface area contributed by atoms with Crippen LogP contribution in [0.5, 0.6) is 0 Å². The van der Waals surface area contributed by atoms with Gasteiger partial charge in [0, 0.05) is 27.8 Å². The molecular weight excluding hydrogens is 392 g/mol. The fourth-order valence-corrected chi connectivity index (χ4v) is 3.69. The van der Waals surface area contributed by atoms with E-state index in [0.717, 1.165) is 20.9 Å². The summed E-state index contributed by atoms with van der Waals surface area (Å²) in [6.07, 6.45) is 3.95. The van der Waals surface area contributed by atoms with E-state index in [1.807, 2.05) is 36.4 Å². The van der Waals surface area contributed by atoms with Gasteiger partial charge in [0.1, 0.15) is 0 Å². The summed E-state index contributed by atoms with van der Waals surface area (Å²) >= 11 is 1.55. The lowest BCUT2D eigenvalue weighted by atomic mass is 10.1. The van der Waals surface area contributed by atoms with Crippen LogP contribution in [0.15, 0.2) is 42.5 Å². The molecule has 0 aliphatic carbocycles. The summed E-state index contributed by atoms with van der Waals surface area (Å²) in [6, 6.07) is 12.0. The van der Waals surface area contributed by atoms with Crippen LogP contribution >= 0.6 is 11.3 Å². The fourth-order valence-electron chi connectivity index (χ4n) is 2.59. The van der Waals surface area contributed by atoms with Gasteiger partial charge < -0.3 is 9.47 Å². The third kappa shape index (κ3) is 5.58. The van der Waals surface area contributed by atoms with Crippen LogP contribution in [0.25, 0.3) is 17.5 Å². The molecule has 2 heterocycles. The third-order valence-corrected chi connectivity index (χ3v) is 5.16. The van der Waals surface area contributed by atoms with E-state index in [4.69, 9.17) is 0 Å². The van der Waals surface area contributed by atoms with Gasteiger partial charge >= 0.3 is 11.9 Å². The van der Waals surface area contributed by atoms with E-state index in [2.05, 4.69) is 24.9 Å². The normalized spacial score (nSPS) is 11.0. The van der Waals surface area contributed by atoms with Gasteiger partial charge in [-0.05, 0) is 22.9 Å². The van der Waals surface area contributed by atoms with Gasteiger partial charge in [-0.25, -0.2) is 4.79 Å². The lowest BCUT2D eigenvalue weighted by Crippen LogP contribution is -2.09. The van der Waals surface area contributed by atoms with Crippen molar-refractivity contribution in [2.75, 3.05) is 14.2 Å². The Labute approximate surface area is 171 Å². The average Bonchev–Trinajstić information content (AvgIpc) is 3.37. The monoisotopic (exact) mass is 412 g/mol. The van der Waals surface area contributed by atoms with Crippen LogP contribution in [0, 0.1) is 0 Å². The zero-order chi connectivity index (χ0) is 20.6. The number of carbonyl (C=O) groups excluding carboxylic acids is 2. The van der Waals surface area contributed by atoms with E-state index < -0.39 is 5.97 Å². The van der Waals surface area contributed by atoms with E-state index in [9.17, 15) is 9.59 Å². The Balaban J connectivity index is 1.88. The minimum atomic E-state index is -0.420. The Kier molecular flexibility index (Phi) is 6.85. The first-order valence-electron chi connectivity index (χ1n) is 8.86. The molecule has 29 heavy (non-hydrogen) atoms. The quantitative estimate of drug-likeness (QED) is 0.415. The molecule has 9 heteroatoms. The highest BCUT2D eigenvalue weighted by Crippen LogP contribution is 2.32. The van der Waals surface area contributed by atoms with Crippen LogP contribution in [-0.2, 0) is 32.0 Å². The largest absolute Gasteiger partial charge is 0.469 e. The molecule has 0 aliphatic rings. The summed E-state index contributed by atoms with van der Waals surface area (Å²) in [5.74, 6) is -0.286. The zero-order valence-corrected chi connectivity index (χ0v) is 16.9. The Bertz CT molecular complexity index is 1010. The number of benzene rings is 1. The van der Waals surface area contributed by atoms with Crippen LogP contribution < -0.4 is 0 Å². The third-order valence-electron chi connectivity index (χ3n) is 4.06. The first-order valence-corrected chi connectivity index (χ1v) is 9.68. The molecule has 0 unspecified atom stereocenters. The van der Waals surface area contributed by atoms with Gasteiger partial charge in [-0.2, -0.15) is 4.80 Å². The van der Waals surface area contributed by atoms with Gasteiger partial charge in [-0.1, -0.05) is 30.3 Å². The highest BCUT2D eigenvalue weighted by Gasteiger charge is 2.16. The molecule has 0 radical (unpaired) electrons. The van der Waals surface area contributed by atoms with Gasteiger partial charge in [0.15, 0.2) is 0 Å². The summed E-state index contributed by atoms with van der Waals surface area (Å²) in [4.78, 5) is 26.0. The molecule has 8 nitrogen and oxygen atoms in total. The predicted molar refractivity (Wildman–Crippen MR) is 108 cm³/mol. The number of aromatic nitrogens is 4. The molecule has 150 valence electrons. The molecule has 0 spiro atoms. The summed E-state index contributed by atoms with van der Waals surface area (Å²) in [5.41, 5.74) is 1.99. The van der Waals surface area contributed by atoms with Gasteiger partial charge in [0.2, 0.25) is 5.82 Å². The topological polar surface area (TPSA) is 96.2 Å². The van der Waals surface area contributed by atoms with Gasteiger partial charge in [0.05, 0.1) is 27.2 Å².